The lowest BCUT2D eigenvalue weighted by molar-refractivity contribution is 0.0274. The number of ether oxygens (including phenoxy) is 4. The zero-order valence-corrected chi connectivity index (χ0v) is 14.2. The fourth-order valence-corrected chi connectivity index (χ4v) is 3.16. The van der Waals surface area contributed by atoms with Crippen molar-refractivity contribution in [3.8, 4) is 11.5 Å². The lowest BCUT2D eigenvalue weighted by Gasteiger charge is -2.22. The van der Waals surface area contributed by atoms with Crippen molar-refractivity contribution in [3.05, 3.63) is 58.7 Å². The molecule has 1 aliphatic heterocycles. The second kappa shape index (κ2) is 7.27. The van der Waals surface area contributed by atoms with Crippen molar-refractivity contribution >= 4 is 11.6 Å². The largest absolute Gasteiger partial charge is 0.490 e. The molecule has 0 radical (unpaired) electrons. The van der Waals surface area contributed by atoms with Crippen molar-refractivity contribution in [2.45, 2.75) is 0 Å². The van der Waals surface area contributed by atoms with Gasteiger partial charge in [0.15, 0.2) is 5.78 Å². The fourth-order valence-electron chi connectivity index (χ4n) is 3.16. The van der Waals surface area contributed by atoms with Gasteiger partial charge in [-0.1, -0.05) is 24.3 Å². The number of ketones is 2. The lowest BCUT2D eigenvalue weighted by atomic mass is 9.83. The van der Waals surface area contributed by atoms with Crippen LogP contribution < -0.4 is 9.47 Å². The maximum atomic E-state index is 13.2. The summed E-state index contributed by atoms with van der Waals surface area (Å²) in [6.45, 7) is 2.20. The first-order chi connectivity index (χ1) is 12.8. The van der Waals surface area contributed by atoms with Crippen LogP contribution in [0, 0.1) is 0 Å². The van der Waals surface area contributed by atoms with Gasteiger partial charge in [0.2, 0.25) is 5.78 Å². The first-order valence-electron chi connectivity index (χ1n) is 8.54. The molecule has 2 bridgehead atoms. The van der Waals surface area contributed by atoms with Crippen LogP contribution in [0.5, 0.6) is 11.5 Å². The molecule has 134 valence electrons. The Labute approximate surface area is 150 Å². The van der Waals surface area contributed by atoms with Gasteiger partial charge in [0.25, 0.3) is 0 Å². The van der Waals surface area contributed by atoms with Gasteiger partial charge >= 0.3 is 0 Å². The summed E-state index contributed by atoms with van der Waals surface area (Å²) in [7, 11) is 0. The predicted molar refractivity (Wildman–Crippen MR) is 92.4 cm³/mol. The van der Waals surface area contributed by atoms with Gasteiger partial charge < -0.3 is 18.9 Å². The SMILES string of the molecule is O=C1c2cccc3c2C(=O)c2c(cccc21)OCCOCCOCCO3. The monoisotopic (exact) mass is 354 g/mol. The average molecular weight is 354 g/mol. The van der Waals surface area contributed by atoms with Gasteiger partial charge in [0.1, 0.15) is 24.7 Å². The maximum Gasteiger partial charge on any atom is 0.201 e. The molecule has 26 heavy (non-hydrogen) atoms. The molecule has 0 saturated carbocycles. The second-order valence-corrected chi connectivity index (χ2v) is 5.94. The molecule has 2 aromatic rings. The zero-order valence-electron chi connectivity index (χ0n) is 14.2. The Morgan fingerprint density at radius 3 is 1.54 bits per heavy atom. The highest BCUT2D eigenvalue weighted by molar-refractivity contribution is 6.30. The van der Waals surface area contributed by atoms with Crippen LogP contribution in [0.3, 0.4) is 0 Å². The lowest BCUT2D eigenvalue weighted by Crippen LogP contribution is -2.23. The third kappa shape index (κ3) is 2.98. The summed E-state index contributed by atoms with van der Waals surface area (Å²) in [5, 5.41) is 0. The number of benzene rings is 2. The summed E-state index contributed by atoms with van der Waals surface area (Å²) in [6, 6.07) is 10.1. The van der Waals surface area contributed by atoms with E-state index in [1.807, 2.05) is 0 Å². The van der Waals surface area contributed by atoms with E-state index in [1.165, 1.54) is 0 Å². The van der Waals surface area contributed by atoms with Crippen molar-refractivity contribution < 1.29 is 28.5 Å². The molecule has 1 aliphatic carbocycles. The van der Waals surface area contributed by atoms with Crippen molar-refractivity contribution in [1.29, 1.82) is 0 Å². The molecule has 6 nitrogen and oxygen atoms in total. The van der Waals surface area contributed by atoms with Gasteiger partial charge in [-0.3, -0.25) is 9.59 Å². The van der Waals surface area contributed by atoms with E-state index in [0.717, 1.165) is 0 Å². The topological polar surface area (TPSA) is 71.1 Å². The number of hydrogen-bond donors (Lipinski definition) is 0. The van der Waals surface area contributed by atoms with Crippen molar-refractivity contribution in [1.82, 2.24) is 0 Å². The normalized spacial score (nSPS) is 17.5. The molecule has 0 fully saturated rings. The van der Waals surface area contributed by atoms with Crippen LogP contribution in [-0.2, 0) is 9.47 Å². The molecule has 6 heteroatoms. The Balaban J connectivity index is 1.81. The molecule has 2 aliphatic rings. The van der Waals surface area contributed by atoms with Crippen LogP contribution in [-0.4, -0.2) is 51.2 Å². The third-order valence-electron chi connectivity index (χ3n) is 4.34. The van der Waals surface area contributed by atoms with E-state index in [9.17, 15) is 9.59 Å². The molecule has 0 N–H and O–H groups in total. The van der Waals surface area contributed by atoms with Crippen LogP contribution in [0.2, 0.25) is 0 Å². The first-order valence-corrected chi connectivity index (χ1v) is 8.54. The molecule has 0 spiro atoms. The second-order valence-electron chi connectivity index (χ2n) is 5.94. The molecule has 0 atom stereocenters. The molecule has 1 heterocycles. The van der Waals surface area contributed by atoms with Crippen molar-refractivity contribution in [3.63, 3.8) is 0 Å². The number of carbonyl (C=O) groups is 2. The van der Waals surface area contributed by atoms with Gasteiger partial charge in [-0.2, -0.15) is 0 Å². The summed E-state index contributed by atoms with van der Waals surface area (Å²) in [6.07, 6.45) is 0. The highest BCUT2D eigenvalue weighted by Gasteiger charge is 2.34. The van der Waals surface area contributed by atoms with Crippen molar-refractivity contribution in [2.24, 2.45) is 0 Å². The average Bonchev–Trinajstić information content (AvgIpc) is 2.67. The number of rotatable bonds is 0. The van der Waals surface area contributed by atoms with Gasteiger partial charge in [0.05, 0.1) is 37.6 Å². The van der Waals surface area contributed by atoms with Crippen LogP contribution in [0.15, 0.2) is 36.4 Å². The minimum absolute atomic E-state index is 0.206. The molecule has 2 aromatic carbocycles. The van der Waals surface area contributed by atoms with Crippen LogP contribution >= 0.6 is 0 Å². The van der Waals surface area contributed by atoms with Gasteiger partial charge in [-0.05, 0) is 12.1 Å². The molecular formula is C20H18O6. The zero-order chi connectivity index (χ0) is 17.9. The third-order valence-corrected chi connectivity index (χ3v) is 4.34. The van der Waals surface area contributed by atoms with Gasteiger partial charge in [-0.15, -0.1) is 0 Å². The highest BCUT2D eigenvalue weighted by Crippen LogP contribution is 2.37. The Morgan fingerprint density at radius 1 is 0.577 bits per heavy atom. The Kier molecular flexibility index (Phi) is 4.69. The Hall–Kier alpha value is -2.70. The number of hydrogen-bond acceptors (Lipinski definition) is 6. The van der Waals surface area contributed by atoms with Crippen molar-refractivity contribution in [2.75, 3.05) is 39.6 Å². The molecule has 0 amide bonds. The molecule has 0 aromatic heterocycles. The Morgan fingerprint density at radius 2 is 1.04 bits per heavy atom. The van der Waals surface area contributed by atoms with Crippen LogP contribution in [0.1, 0.15) is 31.8 Å². The van der Waals surface area contributed by atoms with E-state index >= 15 is 0 Å². The number of carbonyl (C=O) groups excluding carboxylic acids is 2. The summed E-state index contributed by atoms with van der Waals surface area (Å²) >= 11 is 0. The highest BCUT2D eigenvalue weighted by atomic mass is 16.6. The van der Waals surface area contributed by atoms with E-state index in [4.69, 9.17) is 18.9 Å². The predicted octanol–water partition coefficient (Wildman–Crippen LogP) is 2.27. The standard InChI is InChI=1S/C20H18O6/c21-19-13-3-1-5-15-17(13)20(22)18-14(19)4-2-6-16(18)26-12-10-24-8-7-23-9-11-25-15/h1-6H,7-12H2. The van der Waals surface area contributed by atoms with Gasteiger partial charge in [0, 0.05) is 11.1 Å². The summed E-state index contributed by atoms with van der Waals surface area (Å²) < 4.78 is 22.3. The Bertz CT molecular complexity index is 790. The molecular weight excluding hydrogens is 336 g/mol. The van der Waals surface area contributed by atoms with E-state index in [-0.39, 0.29) is 35.9 Å². The molecule has 0 saturated heterocycles. The fraction of sp³-hybridized carbons (Fsp3) is 0.300. The first kappa shape index (κ1) is 16.8. The molecule has 0 unspecified atom stereocenters. The molecule has 4 rings (SSSR count). The minimum atomic E-state index is -0.266. The van der Waals surface area contributed by atoms with Crippen LogP contribution in [0.4, 0.5) is 0 Å². The quantitative estimate of drug-likeness (QED) is 0.617. The maximum absolute atomic E-state index is 13.2. The van der Waals surface area contributed by atoms with Gasteiger partial charge in [-0.25, -0.2) is 0 Å². The summed E-state index contributed by atoms with van der Waals surface area (Å²) in [5.74, 6) is 0.298. The van der Waals surface area contributed by atoms with E-state index in [0.29, 0.717) is 49.1 Å². The summed E-state index contributed by atoms with van der Waals surface area (Å²) in [4.78, 5) is 26.1. The van der Waals surface area contributed by atoms with Crippen LogP contribution in [0.25, 0.3) is 0 Å². The van der Waals surface area contributed by atoms with E-state index in [1.54, 1.807) is 36.4 Å². The summed E-state index contributed by atoms with van der Waals surface area (Å²) in [5.41, 5.74) is 1.27. The smallest absolute Gasteiger partial charge is 0.201 e. The minimum Gasteiger partial charge on any atom is -0.490 e. The van der Waals surface area contributed by atoms with E-state index in [2.05, 4.69) is 0 Å². The van der Waals surface area contributed by atoms with E-state index < -0.39 is 0 Å².